The zero-order chi connectivity index (χ0) is 21.9. The van der Waals surface area contributed by atoms with E-state index in [1.165, 1.54) is 23.1 Å². The predicted octanol–water partition coefficient (Wildman–Crippen LogP) is 2.17. The predicted molar refractivity (Wildman–Crippen MR) is 109 cm³/mol. The molecular weight excluding hydrogens is 393 g/mol. The summed E-state index contributed by atoms with van der Waals surface area (Å²) < 4.78 is 30.6. The van der Waals surface area contributed by atoms with Gasteiger partial charge in [0.2, 0.25) is 0 Å². The number of nitrogens with zero attached hydrogens (tertiary/aromatic N) is 2. The van der Waals surface area contributed by atoms with Gasteiger partial charge in [-0.3, -0.25) is 9.69 Å². The molecule has 2 aliphatic rings. The molecule has 2 atom stereocenters. The molecule has 166 valence electrons. The van der Waals surface area contributed by atoms with Crippen LogP contribution in [0, 0.1) is 5.82 Å². The fourth-order valence-electron chi connectivity index (χ4n) is 3.47. The third kappa shape index (κ3) is 5.60. The Hall–Kier alpha value is -2.39. The zero-order valence-corrected chi connectivity index (χ0v) is 17.9. The van der Waals surface area contributed by atoms with Crippen molar-refractivity contribution in [2.45, 2.75) is 45.4 Å². The van der Waals surface area contributed by atoms with E-state index in [9.17, 15) is 14.0 Å². The summed E-state index contributed by atoms with van der Waals surface area (Å²) in [6, 6.07) is 3.11. The minimum atomic E-state index is -0.972. The Kier molecular flexibility index (Phi) is 6.82. The van der Waals surface area contributed by atoms with Crippen molar-refractivity contribution in [3.05, 3.63) is 24.0 Å². The number of carbonyl (C=O) groups excluding carboxylic acids is 2. The van der Waals surface area contributed by atoms with Crippen molar-refractivity contribution < 1.29 is 28.2 Å². The molecule has 1 fully saturated rings. The van der Waals surface area contributed by atoms with Crippen LogP contribution in [0.2, 0.25) is 0 Å². The van der Waals surface area contributed by atoms with E-state index < -0.39 is 29.7 Å². The summed E-state index contributed by atoms with van der Waals surface area (Å²) in [6.07, 6.45) is -1.37. The highest BCUT2D eigenvalue weighted by molar-refractivity contribution is 6.01. The minimum Gasteiger partial charge on any atom is -0.486 e. The standard InChI is InChI=1S/C21H30FN3O5/c1-14-18(23-20(27)30-21(2,3)4)19(26)25(8-7-24-9-11-28-12-10-24)16-13-15(22)5-6-17(16)29-14/h5-6,13-14,18H,7-12H2,1-4H3,(H,23,27)/t14-,18+/m1/s1. The lowest BCUT2D eigenvalue weighted by Gasteiger charge is -2.31. The number of hydrogen-bond donors (Lipinski definition) is 1. The second-order valence-corrected chi connectivity index (χ2v) is 8.50. The van der Waals surface area contributed by atoms with E-state index in [0.29, 0.717) is 37.7 Å². The molecule has 0 spiro atoms. The van der Waals surface area contributed by atoms with E-state index in [0.717, 1.165) is 13.1 Å². The summed E-state index contributed by atoms with van der Waals surface area (Å²) in [5.74, 6) is -0.439. The van der Waals surface area contributed by atoms with Gasteiger partial charge in [0.15, 0.2) is 0 Å². The van der Waals surface area contributed by atoms with Crippen molar-refractivity contribution in [2.75, 3.05) is 44.3 Å². The number of nitrogens with one attached hydrogen (secondary N) is 1. The van der Waals surface area contributed by atoms with Crippen molar-refractivity contribution in [3.63, 3.8) is 0 Å². The highest BCUT2D eigenvalue weighted by atomic mass is 19.1. The molecule has 3 rings (SSSR count). The van der Waals surface area contributed by atoms with Crippen LogP contribution in [0.4, 0.5) is 14.9 Å². The number of ether oxygens (including phenoxy) is 3. The summed E-state index contributed by atoms with van der Waals surface area (Å²) in [4.78, 5) is 29.4. The number of halogens is 1. The molecule has 0 unspecified atom stereocenters. The van der Waals surface area contributed by atoms with Crippen LogP contribution in [0.3, 0.4) is 0 Å². The van der Waals surface area contributed by atoms with Crippen LogP contribution in [-0.2, 0) is 14.3 Å². The number of carbonyl (C=O) groups is 2. The molecule has 0 bridgehead atoms. The Balaban J connectivity index is 1.83. The van der Waals surface area contributed by atoms with E-state index in [-0.39, 0.29) is 5.91 Å². The van der Waals surface area contributed by atoms with Gasteiger partial charge in [0.1, 0.15) is 29.3 Å². The fourth-order valence-corrected chi connectivity index (χ4v) is 3.47. The van der Waals surface area contributed by atoms with E-state index in [1.807, 2.05) is 0 Å². The van der Waals surface area contributed by atoms with Gasteiger partial charge in [0.05, 0.1) is 18.9 Å². The van der Waals surface area contributed by atoms with Gasteiger partial charge in [-0.25, -0.2) is 9.18 Å². The molecule has 0 aromatic heterocycles. The summed E-state index contributed by atoms with van der Waals surface area (Å²) >= 11 is 0. The highest BCUT2D eigenvalue weighted by Crippen LogP contribution is 2.34. The molecule has 0 saturated carbocycles. The number of hydrogen-bond acceptors (Lipinski definition) is 6. The molecule has 2 heterocycles. The molecule has 8 nitrogen and oxygen atoms in total. The number of morpholine rings is 1. The smallest absolute Gasteiger partial charge is 0.408 e. The second-order valence-electron chi connectivity index (χ2n) is 8.50. The fraction of sp³-hybridized carbons (Fsp3) is 0.619. The van der Waals surface area contributed by atoms with Crippen LogP contribution in [0.5, 0.6) is 5.75 Å². The lowest BCUT2D eigenvalue weighted by atomic mass is 10.1. The van der Waals surface area contributed by atoms with Crippen molar-refractivity contribution in [2.24, 2.45) is 0 Å². The van der Waals surface area contributed by atoms with Crippen molar-refractivity contribution >= 4 is 17.7 Å². The zero-order valence-electron chi connectivity index (χ0n) is 17.9. The molecule has 0 aliphatic carbocycles. The Morgan fingerprint density at radius 3 is 2.63 bits per heavy atom. The third-order valence-electron chi connectivity index (χ3n) is 4.94. The molecule has 2 amide bonds. The van der Waals surface area contributed by atoms with Crippen molar-refractivity contribution in [1.29, 1.82) is 0 Å². The van der Waals surface area contributed by atoms with E-state index >= 15 is 0 Å². The first-order valence-corrected chi connectivity index (χ1v) is 10.2. The van der Waals surface area contributed by atoms with Crippen LogP contribution >= 0.6 is 0 Å². The summed E-state index contributed by atoms with van der Waals surface area (Å²) in [5, 5.41) is 2.63. The van der Waals surface area contributed by atoms with Gasteiger partial charge in [0, 0.05) is 32.2 Å². The molecule has 9 heteroatoms. The van der Waals surface area contributed by atoms with E-state index in [1.54, 1.807) is 27.7 Å². The van der Waals surface area contributed by atoms with Crippen molar-refractivity contribution in [1.82, 2.24) is 10.2 Å². The number of rotatable bonds is 4. The first kappa shape index (κ1) is 22.3. The van der Waals surface area contributed by atoms with Crippen LogP contribution in [0.25, 0.3) is 0 Å². The molecule has 1 aromatic carbocycles. The normalized spacial score (nSPS) is 22.7. The van der Waals surface area contributed by atoms with Crippen molar-refractivity contribution in [3.8, 4) is 5.75 Å². The SMILES string of the molecule is C[C@H]1Oc2ccc(F)cc2N(CCN2CCOCC2)C(=O)[C@H]1NC(=O)OC(C)(C)C. The second kappa shape index (κ2) is 9.18. The maximum Gasteiger partial charge on any atom is 0.408 e. The topological polar surface area (TPSA) is 80.3 Å². The largest absolute Gasteiger partial charge is 0.486 e. The highest BCUT2D eigenvalue weighted by Gasteiger charge is 2.38. The molecule has 30 heavy (non-hydrogen) atoms. The van der Waals surface area contributed by atoms with Gasteiger partial charge in [-0.2, -0.15) is 0 Å². The lowest BCUT2D eigenvalue weighted by Crippen LogP contribution is -2.55. The minimum absolute atomic E-state index is 0.331. The van der Waals surface area contributed by atoms with Crippen LogP contribution in [-0.4, -0.2) is 74.0 Å². The number of fused-ring (bicyclic) bond motifs is 1. The molecule has 1 N–H and O–H groups in total. The average Bonchev–Trinajstić information content (AvgIpc) is 2.75. The van der Waals surface area contributed by atoms with E-state index in [2.05, 4.69) is 10.2 Å². The van der Waals surface area contributed by atoms with Gasteiger partial charge in [-0.15, -0.1) is 0 Å². The Bertz CT molecular complexity index is 776. The van der Waals surface area contributed by atoms with E-state index in [4.69, 9.17) is 14.2 Å². The van der Waals surface area contributed by atoms with Gasteiger partial charge in [-0.1, -0.05) is 0 Å². The first-order valence-electron chi connectivity index (χ1n) is 10.2. The molecule has 0 radical (unpaired) electrons. The molecule has 2 aliphatic heterocycles. The summed E-state index contributed by atoms with van der Waals surface area (Å²) in [7, 11) is 0. The van der Waals surface area contributed by atoms with Crippen LogP contribution in [0.1, 0.15) is 27.7 Å². The number of amides is 2. The van der Waals surface area contributed by atoms with Gasteiger partial charge in [0.25, 0.3) is 5.91 Å². The maximum atomic E-state index is 14.0. The first-order chi connectivity index (χ1) is 14.1. The molecule has 1 saturated heterocycles. The maximum absolute atomic E-state index is 14.0. The Labute approximate surface area is 176 Å². The lowest BCUT2D eigenvalue weighted by molar-refractivity contribution is -0.122. The Morgan fingerprint density at radius 2 is 1.97 bits per heavy atom. The average molecular weight is 423 g/mol. The van der Waals surface area contributed by atoms with Crippen LogP contribution < -0.4 is 15.0 Å². The quantitative estimate of drug-likeness (QED) is 0.800. The number of benzene rings is 1. The molecular formula is C21H30FN3O5. The van der Waals surface area contributed by atoms with Gasteiger partial charge in [-0.05, 0) is 39.8 Å². The van der Waals surface area contributed by atoms with Gasteiger partial charge >= 0.3 is 6.09 Å². The molecule has 1 aromatic rings. The Morgan fingerprint density at radius 1 is 1.27 bits per heavy atom. The monoisotopic (exact) mass is 423 g/mol. The van der Waals surface area contributed by atoms with Crippen LogP contribution in [0.15, 0.2) is 18.2 Å². The summed E-state index contributed by atoms with van der Waals surface area (Å²) in [6.45, 7) is 10.7. The van der Waals surface area contributed by atoms with Gasteiger partial charge < -0.3 is 24.4 Å². The summed E-state index contributed by atoms with van der Waals surface area (Å²) in [5.41, 5.74) is -0.349. The number of alkyl carbamates (subject to hydrolysis) is 1. The third-order valence-corrected chi connectivity index (χ3v) is 4.94. The number of anilines is 1.